The van der Waals surface area contributed by atoms with E-state index in [1.807, 2.05) is 29.6 Å². The smallest absolute Gasteiger partial charge is 0.123 e. The van der Waals surface area contributed by atoms with E-state index in [2.05, 4.69) is 0 Å². The Morgan fingerprint density at radius 2 is 2.07 bits per heavy atom. The van der Waals surface area contributed by atoms with Gasteiger partial charge in [0, 0.05) is 0 Å². The molecule has 1 heterocycles. The van der Waals surface area contributed by atoms with Crippen molar-refractivity contribution in [2.75, 3.05) is 11.5 Å². The second kappa shape index (κ2) is 5.08. The van der Waals surface area contributed by atoms with Crippen LogP contribution in [-0.4, -0.2) is 16.1 Å². The van der Waals surface area contributed by atoms with Crippen molar-refractivity contribution >= 4 is 23.5 Å². The molecule has 1 fully saturated rings. The fourth-order valence-corrected chi connectivity index (χ4v) is 4.42. The van der Waals surface area contributed by atoms with Gasteiger partial charge in [0.05, 0.1) is 4.58 Å². The summed E-state index contributed by atoms with van der Waals surface area (Å²) in [6, 6.07) is 6.96. The summed E-state index contributed by atoms with van der Waals surface area (Å²) in [6.07, 6.45) is 2.31. The van der Waals surface area contributed by atoms with E-state index >= 15 is 0 Å². The fraction of sp³-hybridized carbons (Fsp3) is 0.455. The van der Waals surface area contributed by atoms with Crippen molar-refractivity contribution in [1.29, 1.82) is 0 Å². The summed E-state index contributed by atoms with van der Waals surface area (Å²) >= 11 is 4.01. The Kier molecular flexibility index (Phi) is 3.76. The summed E-state index contributed by atoms with van der Waals surface area (Å²) in [5.41, 5.74) is 1.12. The summed E-state index contributed by atoms with van der Waals surface area (Å²) in [7, 11) is 0. The zero-order valence-corrected chi connectivity index (χ0v) is 9.54. The molecule has 14 heavy (non-hydrogen) atoms. The van der Waals surface area contributed by atoms with Crippen molar-refractivity contribution in [3.63, 3.8) is 0 Å². The minimum absolute atomic E-state index is 0.117. The largest absolute Gasteiger partial charge is 0.207 e. The first kappa shape index (κ1) is 10.4. The van der Waals surface area contributed by atoms with E-state index in [-0.39, 0.29) is 5.82 Å². The summed E-state index contributed by atoms with van der Waals surface area (Å²) < 4.78 is 13.5. The number of hydrogen-bond donors (Lipinski definition) is 0. The molecule has 1 aromatic carbocycles. The Balaban J connectivity index is 1.95. The minimum Gasteiger partial charge on any atom is -0.207 e. The van der Waals surface area contributed by atoms with Crippen molar-refractivity contribution < 1.29 is 4.39 Å². The average molecular weight is 228 g/mol. The van der Waals surface area contributed by atoms with E-state index in [1.165, 1.54) is 24.0 Å². The number of rotatable bonds is 2. The van der Waals surface area contributed by atoms with Crippen LogP contribution < -0.4 is 0 Å². The van der Waals surface area contributed by atoms with Crippen LogP contribution >= 0.6 is 23.5 Å². The highest BCUT2D eigenvalue weighted by Crippen LogP contribution is 2.32. The first-order chi connectivity index (χ1) is 6.84. The third-order valence-electron chi connectivity index (χ3n) is 2.19. The fourth-order valence-electron chi connectivity index (χ4n) is 1.51. The van der Waals surface area contributed by atoms with Gasteiger partial charge in [0.15, 0.2) is 0 Å². The molecular formula is C11H13FS2. The lowest BCUT2D eigenvalue weighted by molar-refractivity contribution is 0.625. The van der Waals surface area contributed by atoms with Gasteiger partial charge in [-0.05, 0) is 42.0 Å². The molecular weight excluding hydrogens is 215 g/mol. The van der Waals surface area contributed by atoms with Gasteiger partial charge in [-0.3, -0.25) is 0 Å². The molecule has 0 nitrogen and oxygen atoms in total. The minimum atomic E-state index is -0.117. The van der Waals surface area contributed by atoms with E-state index in [1.54, 1.807) is 12.1 Å². The molecule has 0 spiro atoms. The molecule has 0 aliphatic carbocycles. The maximum absolute atomic E-state index is 12.9. The molecule has 0 atom stereocenters. The highest BCUT2D eigenvalue weighted by Gasteiger charge is 2.14. The highest BCUT2D eigenvalue weighted by molar-refractivity contribution is 8.17. The maximum atomic E-state index is 12.9. The molecule has 0 aromatic heterocycles. The van der Waals surface area contributed by atoms with Crippen LogP contribution in [0.1, 0.15) is 12.0 Å². The number of halogens is 1. The van der Waals surface area contributed by atoms with E-state index < -0.39 is 0 Å². The standard InChI is InChI=1S/C11H13FS2/c12-10-4-1-3-9(7-10)8-11-13-5-2-6-14-11/h1,3-4,7,11H,2,5-6,8H2. The Hall–Kier alpha value is -0.150. The van der Waals surface area contributed by atoms with E-state index in [0.717, 1.165) is 12.0 Å². The van der Waals surface area contributed by atoms with E-state index in [4.69, 9.17) is 0 Å². The monoisotopic (exact) mass is 228 g/mol. The summed E-state index contributed by atoms with van der Waals surface area (Å²) in [5.74, 6) is 2.40. The molecule has 76 valence electrons. The van der Waals surface area contributed by atoms with Crippen LogP contribution in [0.4, 0.5) is 4.39 Å². The molecule has 1 saturated heterocycles. The van der Waals surface area contributed by atoms with Crippen LogP contribution in [0.3, 0.4) is 0 Å². The van der Waals surface area contributed by atoms with Crippen LogP contribution in [0.15, 0.2) is 24.3 Å². The molecule has 1 aliphatic rings. The predicted molar refractivity (Wildman–Crippen MR) is 63.4 cm³/mol. The Morgan fingerprint density at radius 1 is 1.29 bits per heavy atom. The zero-order chi connectivity index (χ0) is 9.80. The number of thioether (sulfide) groups is 2. The van der Waals surface area contributed by atoms with Crippen LogP contribution in [-0.2, 0) is 6.42 Å². The van der Waals surface area contributed by atoms with Crippen LogP contribution in [0.25, 0.3) is 0 Å². The lowest BCUT2D eigenvalue weighted by atomic mass is 10.2. The van der Waals surface area contributed by atoms with Crippen LogP contribution in [0, 0.1) is 5.82 Å². The highest BCUT2D eigenvalue weighted by atomic mass is 32.2. The molecule has 3 heteroatoms. The summed E-state index contributed by atoms with van der Waals surface area (Å²) in [5, 5.41) is 0. The van der Waals surface area contributed by atoms with Gasteiger partial charge in [-0.1, -0.05) is 12.1 Å². The van der Waals surface area contributed by atoms with Gasteiger partial charge in [0.25, 0.3) is 0 Å². The van der Waals surface area contributed by atoms with Gasteiger partial charge < -0.3 is 0 Å². The molecule has 0 saturated carbocycles. The zero-order valence-electron chi connectivity index (χ0n) is 7.91. The van der Waals surface area contributed by atoms with Gasteiger partial charge >= 0.3 is 0 Å². The lowest BCUT2D eigenvalue weighted by Crippen LogP contribution is -2.09. The SMILES string of the molecule is Fc1cccc(CC2SCCCS2)c1. The first-order valence-corrected chi connectivity index (χ1v) is 6.92. The molecule has 1 aromatic rings. The molecule has 0 radical (unpaired) electrons. The molecule has 0 amide bonds. The average Bonchev–Trinajstić information content (AvgIpc) is 2.19. The number of benzene rings is 1. The van der Waals surface area contributed by atoms with Gasteiger partial charge in [-0.2, -0.15) is 0 Å². The van der Waals surface area contributed by atoms with Crippen molar-refractivity contribution in [3.05, 3.63) is 35.6 Å². The Morgan fingerprint density at radius 3 is 2.79 bits per heavy atom. The molecule has 1 aliphatic heterocycles. The lowest BCUT2D eigenvalue weighted by Gasteiger charge is -2.20. The second-order valence-electron chi connectivity index (χ2n) is 3.36. The normalized spacial score (nSPS) is 18.4. The van der Waals surface area contributed by atoms with Gasteiger partial charge in [-0.25, -0.2) is 4.39 Å². The summed E-state index contributed by atoms with van der Waals surface area (Å²) in [6.45, 7) is 0. The first-order valence-electron chi connectivity index (χ1n) is 4.82. The molecule has 2 rings (SSSR count). The molecule has 0 bridgehead atoms. The van der Waals surface area contributed by atoms with Crippen molar-refractivity contribution in [2.45, 2.75) is 17.4 Å². The molecule has 0 N–H and O–H groups in total. The third kappa shape index (κ3) is 2.92. The van der Waals surface area contributed by atoms with E-state index in [9.17, 15) is 4.39 Å². The van der Waals surface area contributed by atoms with Crippen LogP contribution in [0.2, 0.25) is 0 Å². The van der Waals surface area contributed by atoms with Crippen molar-refractivity contribution in [2.24, 2.45) is 0 Å². The van der Waals surface area contributed by atoms with Crippen molar-refractivity contribution in [1.82, 2.24) is 0 Å². The summed E-state index contributed by atoms with van der Waals surface area (Å²) in [4.78, 5) is 0. The van der Waals surface area contributed by atoms with Gasteiger partial charge in [-0.15, -0.1) is 23.5 Å². The van der Waals surface area contributed by atoms with Gasteiger partial charge in [0.1, 0.15) is 5.82 Å². The number of hydrogen-bond acceptors (Lipinski definition) is 2. The Bertz CT molecular complexity index is 295. The topological polar surface area (TPSA) is 0 Å². The predicted octanol–water partition coefficient (Wildman–Crippen LogP) is 3.56. The second-order valence-corrected chi connectivity index (χ2v) is 6.28. The van der Waals surface area contributed by atoms with Gasteiger partial charge in [0.2, 0.25) is 0 Å². The van der Waals surface area contributed by atoms with E-state index in [0.29, 0.717) is 4.58 Å². The Labute approximate surface area is 92.7 Å². The third-order valence-corrected chi connectivity index (χ3v) is 5.13. The molecule has 0 unspecified atom stereocenters. The quantitative estimate of drug-likeness (QED) is 0.759. The maximum Gasteiger partial charge on any atom is 0.123 e. The van der Waals surface area contributed by atoms with Crippen LogP contribution in [0.5, 0.6) is 0 Å². The van der Waals surface area contributed by atoms with Crippen molar-refractivity contribution in [3.8, 4) is 0 Å².